The van der Waals surface area contributed by atoms with Crippen LogP contribution in [0.25, 0.3) is 11.8 Å². The summed E-state index contributed by atoms with van der Waals surface area (Å²) in [5, 5.41) is 10.0. The van der Waals surface area contributed by atoms with Gasteiger partial charge in [-0.25, -0.2) is 4.39 Å². The maximum Gasteiger partial charge on any atom is 0.205 e. The highest BCUT2D eigenvalue weighted by Crippen LogP contribution is 2.25. The SMILES string of the molecule is Cc1cc(C(=O)/C(C#N)=C/c2ccc(Cl)cc2)c(C)n1-c1ccccc1F. The molecule has 2 aromatic carbocycles. The number of aromatic nitrogens is 1. The number of nitrogens with zero attached hydrogens (tertiary/aromatic N) is 2. The lowest BCUT2D eigenvalue weighted by Crippen LogP contribution is -2.06. The number of carbonyl (C=O) groups excluding carboxylic acids is 1. The normalized spacial score (nSPS) is 11.3. The van der Waals surface area contributed by atoms with Crippen LogP contribution in [0, 0.1) is 31.0 Å². The van der Waals surface area contributed by atoms with E-state index in [1.54, 1.807) is 66.9 Å². The van der Waals surface area contributed by atoms with Gasteiger partial charge in [0.2, 0.25) is 5.78 Å². The molecule has 0 unspecified atom stereocenters. The maximum atomic E-state index is 14.2. The van der Waals surface area contributed by atoms with Gasteiger partial charge in [-0.05, 0) is 55.8 Å². The van der Waals surface area contributed by atoms with Crippen LogP contribution in [-0.4, -0.2) is 10.4 Å². The van der Waals surface area contributed by atoms with E-state index in [2.05, 4.69) is 0 Å². The van der Waals surface area contributed by atoms with Crippen molar-refractivity contribution in [2.75, 3.05) is 0 Å². The first-order valence-corrected chi connectivity index (χ1v) is 8.66. The van der Waals surface area contributed by atoms with E-state index in [0.29, 0.717) is 33.2 Å². The number of para-hydroxylation sites is 1. The van der Waals surface area contributed by atoms with Crippen molar-refractivity contribution in [1.29, 1.82) is 5.26 Å². The summed E-state index contributed by atoms with van der Waals surface area (Å²) in [4.78, 5) is 12.9. The molecule has 5 heteroatoms. The summed E-state index contributed by atoms with van der Waals surface area (Å²) in [7, 11) is 0. The summed E-state index contributed by atoms with van der Waals surface area (Å²) in [5.74, 6) is -0.779. The number of benzene rings is 2. The molecular formula is C22H16ClFN2O. The van der Waals surface area contributed by atoms with E-state index >= 15 is 0 Å². The first-order chi connectivity index (χ1) is 12.9. The lowest BCUT2D eigenvalue weighted by Gasteiger charge is -2.10. The van der Waals surface area contributed by atoms with E-state index in [-0.39, 0.29) is 11.4 Å². The number of halogens is 2. The first kappa shape index (κ1) is 18.6. The Bertz CT molecular complexity index is 1090. The zero-order chi connectivity index (χ0) is 19.6. The molecule has 0 N–H and O–H groups in total. The Balaban J connectivity index is 2.05. The van der Waals surface area contributed by atoms with Gasteiger partial charge in [-0.1, -0.05) is 35.9 Å². The quantitative estimate of drug-likeness (QED) is 0.333. The zero-order valence-corrected chi connectivity index (χ0v) is 15.6. The van der Waals surface area contributed by atoms with Crippen molar-refractivity contribution in [3.63, 3.8) is 0 Å². The molecular weight excluding hydrogens is 363 g/mol. The van der Waals surface area contributed by atoms with Crippen molar-refractivity contribution in [3.8, 4) is 11.8 Å². The van der Waals surface area contributed by atoms with Gasteiger partial charge in [0.15, 0.2) is 0 Å². The average molecular weight is 379 g/mol. The molecule has 0 spiro atoms. The number of carbonyl (C=O) groups is 1. The van der Waals surface area contributed by atoms with Crippen molar-refractivity contribution < 1.29 is 9.18 Å². The Morgan fingerprint density at radius 2 is 1.81 bits per heavy atom. The standard InChI is InChI=1S/C22H16ClFN2O/c1-14-11-19(15(2)26(14)21-6-4-3-5-20(21)24)22(27)17(13-25)12-16-7-9-18(23)10-8-16/h3-12H,1-2H3/b17-12+. The van der Waals surface area contributed by atoms with Crippen molar-refractivity contribution in [2.24, 2.45) is 0 Å². The van der Waals surface area contributed by atoms with Crippen LogP contribution in [0.3, 0.4) is 0 Å². The predicted molar refractivity (Wildman–Crippen MR) is 105 cm³/mol. The van der Waals surface area contributed by atoms with Crippen LogP contribution >= 0.6 is 11.6 Å². The molecule has 0 saturated heterocycles. The minimum atomic E-state index is -0.400. The number of allylic oxidation sites excluding steroid dienone is 1. The third kappa shape index (κ3) is 3.69. The van der Waals surface area contributed by atoms with E-state index in [0.717, 1.165) is 0 Å². The third-order valence-corrected chi connectivity index (χ3v) is 4.57. The number of nitriles is 1. The second-order valence-corrected chi connectivity index (χ2v) is 6.56. The summed E-state index contributed by atoms with van der Waals surface area (Å²) in [5.41, 5.74) is 2.74. The fraction of sp³-hybridized carbons (Fsp3) is 0.0909. The minimum Gasteiger partial charge on any atom is -0.315 e. The lowest BCUT2D eigenvalue weighted by molar-refractivity contribution is 0.103. The molecule has 3 rings (SSSR count). The van der Waals surface area contributed by atoms with Gasteiger partial charge in [-0.2, -0.15) is 5.26 Å². The molecule has 0 aliphatic rings. The highest BCUT2D eigenvalue weighted by atomic mass is 35.5. The average Bonchev–Trinajstić information content (AvgIpc) is 2.95. The molecule has 0 amide bonds. The second kappa shape index (κ2) is 7.61. The van der Waals surface area contributed by atoms with Crippen LogP contribution in [0.5, 0.6) is 0 Å². The molecule has 3 aromatic rings. The van der Waals surface area contributed by atoms with Crippen molar-refractivity contribution in [1.82, 2.24) is 4.57 Å². The molecule has 0 saturated carbocycles. The van der Waals surface area contributed by atoms with Gasteiger partial charge in [0.1, 0.15) is 17.5 Å². The van der Waals surface area contributed by atoms with Gasteiger partial charge in [-0.3, -0.25) is 4.79 Å². The molecule has 1 heterocycles. The molecule has 0 fully saturated rings. The van der Waals surface area contributed by atoms with Crippen LogP contribution in [0.4, 0.5) is 4.39 Å². The molecule has 0 radical (unpaired) electrons. The molecule has 0 aliphatic heterocycles. The highest BCUT2D eigenvalue weighted by molar-refractivity contribution is 6.30. The molecule has 27 heavy (non-hydrogen) atoms. The molecule has 0 bridgehead atoms. The fourth-order valence-electron chi connectivity index (χ4n) is 3.02. The molecule has 1 aromatic heterocycles. The number of ketones is 1. The number of rotatable bonds is 4. The topological polar surface area (TPSA) is 45.8 Å². The Morgan fingerprint density at radius 1 is 1.15 bits per heavy atom. The van der Waals surface area contributed by atoms with Crippen LogP contribution in [0.1, 0.15) is 27.3 Å². The van der Waals surface area contributed by atoms with E-state index in [1.807, 2.05) is 6.07 Å². The van der Waals surface area contributed by atoms with Gasteiger partial charge >= 0.3 is 0 Å². The Labute approximate surface area is 161 Å². The van der Waals surface area contributed by atoms with Crippen LogP contribution in [0.2, 0.25) is 5.02 Å². The highest BCUT2D eigenvalue weighted by Gasteiger charge is 2.21. The minimum absolute atomic E-state index is 0.00565. The van der Waals surface area contributed by atoms with Crippen molar-refractivity contribution in [2.45, 2.75) is 13.8 Å². The zero-order valence-electron chi connectivity index (χ0n) is 14.8. The van der Waals surface area contributed by atoms with Crippen LogP contribution in [0.15, 0.2) is 60.2 Å². The van der Waals surface area contributed by atoms with E-state index in [4.69, 9.17) is 11.6 Å². The second-order valence-electron chi connectivity index (χ2n) is 6.12. The Hall–Kier alpha value is -3.16. The summed E-state index contributed by atoms with van der Waals surface area (Å²) < 4.78 is 15.9. The number of hydrogen-bond acceptors (Lipinski definition) is 2. The van der Waals surface area contributed by atoms with Gasteiger partial charge in [0.05, 0.1) is 5.69 Å². The monoisotopic (exact) mass is 378 g/mol. The summed E-state index contributed by atoms with van der Waals surface area (Å²) >= 11 is 5.87. The molecule has 0 atom stereocenters. The third-order valence-electron chi connectivity index (χ3n) is 4.32. The lowest BCUT2D eigenvalue weighted by atomic mass is 10.0. The van der Waals surface area contributed by atoms with Gasteiger partial charge < -0.3 is 4.57 Å². The Kier molecular flexibility index (Phi) is 5.25. The summed E-state index contributed by atoms with van der Waals surface area (Å²) in [6.07, 6.45) is 1.52. The smallest absolute Gasteiger partial charge is 0.205 e. The predicted octanol–water partition coefficient (Wildman–Crippen LogP) is 5.68. The van der Waals surface area contributed by atoms with Gasteiger partial charge in [0.25, 0.3) is 0 Å². The molecule has 134 valence electrons. The molecule has 0 aliphatic carbocycles. The van der Waals surface area contributed by atoms with Crippen LogP contribution in [-0.2, 0) is 0 Å². The largest absolute Gasteiger partial charge is 0.315 e. The molecule has 3 nitrogen and oxygen atoms in total. The first-order valence-electron chi connectivity index (χ1n) is 8.28. The van der Waals surface area contributed by atoms with E-state index in [9.17, 15) is 14.4 Å². The fourth-order valence-corrected chi connectivity index (χ4v) is 3.14. The van der Waals surface area contributed by atoms with Crippen molar-refractivity contribution >= 4 is 23.5 Å². The number of hydrogen-bond donors (Lipinski definition) is 0. The Morgan fingerprint density at radius 3 is 2.44 bits per heavy atom. The maximum absolute atomic E-state index is 14.2. The van der Waals surface area contributed by atoms with Crippen LogP contribution < -0.4 is 0 Å². The van der Waals surface area contributed by atoms with Gasteiger partial charge in [-0.15, -0.1) is 0 Å². The summed E-state index contributed by atoms with van der Waals surface area (Å²) in [6, 6.07) is 16.9. The van der Waals surface area contributed by atoms with E-state index < -0.39 is 5.78 Å². The van der Waals surface area contributed by atoms with Crippen molar-refractivity contribution in [3.05, 3.63) is 93.5 Å². The van der Waals surface area contributed by atoms with E-state index in [1.165, 1.54) is 12.1 Å². The summed E-state index contributed by atoms with van der Waals surface area (Å²) in [6.45, 7) is 3.54. The number of aryl methyl sites for hydroxylation is 1. The number of Topliss-reactive ketones (excluding diaryl/α,β-unsaturated/α-hetero) is 1. The van der Waals surface area contributed by atoms with Gasteiger partial charge in [0, 0.05) is 22.0 Å².